The number of rotatable bonds is 6. The number of hydrogen-bond donors (Lipinski definition) is 0. The molecule has 1 unspecified atom stereocenters. The van der Waals surface area contributed by atoms with Crippen molar-refractivity contribution in [2.75, 3.05) is 20.6 Å². The van der Waals surface area contributed by atoms with Crippen LogP contribution in [0.1, 0.15) is 18.5 Å². The number of aromatic nitrogens is 2. The van der Waals surface area contributed by atoms with E-state index in [-0.39, 0.29) is 18.4 Å². The smallest absolute Gasteiger partial charge is 0.247 e. The Morgan fingerprint density at radius 3 is 2.48 bits per heavy atom. The lowest BCUT2D eigenvalue weighted by molar-refractivity contribution is -0.140. The van der Waals surface area contributed by atoms with E-state index in [1.54, 1.807) is 49.1 Å². The van der Waals surface area contributed by atoms with Crippen LogP contribution in [0.25, 0.3) is 10.8 Å². The van der Waals surface area contributed by atoms with Crippen LogP contribution in [0.4, 0.5) is 0 Å². The van der Waals surface area contributed by atoms with Gasteiger partial charge in [0.05, 0.1) is 6.54 Å². The third-order valence-electron chi connectivity index (χ3n) is 4.69. The van der Waals surface area contributed by atoms with Crippen molar-refractivity contribution in [3.8, 4) is 0 Å². The van der Waals surface area contributed by atoms with Crippen LogP contribution in [0.2, 0.25) is 0 Å². The van der Waals surface area contributed by atoms with E-state index in [1.807, 2.05) is 18.2 Å². The lowest BCUT2D eigenvalue weighted by atomic mass is 10.1. The summed E-state index contributed by atoms with van der Waals surface area (Å²) >= 11 is 0. The van der Waals surface area contributed by atoms with Crippen LogP contribution in [0, 0.1) is 0 Å². The van der Waals surface area contributed by atoms with Gasteiger partial charge in [-0.1, -0.05) is 36.4 Å². The summed E-state index contributed by atoms with van der Waals surface area (Å²) in [6.45, 7) is 2.31. The van der Waals surface area contributed by atoms with E-state index < -0.39 is 6.04 Å². The molecule has 0 aliphatic carbocycles. The molecule has 140 valence electrons. The average molecular weight is 364 g/mol. The number of hydrogen-bond acceptors (Lipinski definition) is 3. The lowest BCUT2D eigenvalue weighted by Crippen LogP contribution is -2.41. The zero-order valence-corrected chi connectivity index (χ0v) is 15.9. The largest absolute Gasteiger partial charge is 0.340 e. The minimum atomic E-state index is -0.441. The number of benzene rings is 2. The Morgan fingerprint density at radius 2 is 1.78 bits per heavy atom. The summed E-state index contributed by atoms with van der Waals surface area (Å²) in [7, 11) is 3.40. The van der Waals surface area contributed by atoms with Crippen molar-refractivity contribution in [3.63, 3.8) is 0 Å². The molecule has 3 aromatic rings. The van der Waals surface area contributed by atoms with Gasteiger partial charge in [0.1, 0.15) is 6.04 Å². The van der Waals surface area contributed by atoms with Gasteiger partial charge in [-0.15, -0.1) is 0 Å². The number of amides is 2. The first-order chi connectivity index (χ1) is 13.0. The highest BCUT2D eigenvalue weighted by Gasteiger charge is 2.22. The van der Waals surface area contributed by atoms with Crippen molar-refractivity contribution in [3.05, 3.63) is 66.5 Å². The SMILES string of the molecule is CC(C(=O)N(C)CC(=O)N(C)Cc1ccc2ccccc2c1)n1cccn1. The molecule has 0 fully saturated rings. The van der Waals surface area contributed by atoms with Crippen LogP contribution in [0.15, 0.2) is 60.9 Å². The molecule has 1 aromatic heterocycles. The summed E-state index contributed by atoms with van der Waals surface area (Å²) in [5.41, 5.74) is 1.06. The van der Waals surface area contributed by atoms with Crippen molar-refractivity contribution in [2.45, 2.75) is 19.5 Å². The van der Waals surface area contributed by atoms with Gasteiger partial charge in [-0.3, -0.25) is 14.3 Å². The molecule has 0 spiro atoms. The predicted molar refractivity (Wildman–Crippen MR) is 105 cm³/mol. The molecule has 6 heteroatoms. The Kier molecular flexibility index (Phi) is 5.54. The van der Waals surface area contributed by atoms with Crippen LogP contribution < -0.4 is 0 Å². The van der Waals surface area contributed by atoms with E-state index >= 15 is 0 Å². The molecule has 27 heavy (non-hydrogen) atoms. The minimum absolute atomic E-state index is 0.0362. The standard InChI is InChI=1S/C21H24N4O2/c1-16(25-12-6-11-22-25)21(27)24(3)15-20(26)23(2)14-17-9-10-18-7-4-5-8-19(18)13-17/h4-13,16H,14-15H2,1-3H3. The molecule has 3 rings (SSSR count). The number of carbonyl (C=O) groups is 2. The van der Waals surface area contributed by atoms with Crippen molar-refractivity contribution in [1.29, 1.82) is 0 Å². The van der Waals surface area contributed by atoms with Gasteiger partial charge in [-0.25, -0.2) is 0 Å². The normalized spacial score (nSPS) is 12.0. The quantitative estimate of drug-likeness (QED) is 0.676. The zero-order valence-electron chi connectivity index (χ0n) is 15.9. The van der Waals surface area contributed by atoms with Gasteiger partial charge < -0.3 is 9.80 Å². The molecular weight excluding hydrogens is 340 g/mol. The molecule has 1 heterocycles. The highest BCUT2D eigenvalue weighted by Crippen LogP contribution is 2.16. The highest BCUT2D eigenvalue weighted by atomic mass is 16.2. The molecule has 0 N–H and O–H groups in total. The first-order valence-electron chi connectivity index (χ1n) is 8.91. The molecule has 0 radical (unpaired) electrons. The van der Waals surface area contributed by atoms with Gasteiger partial charge in [0, 0.05) is 33.0 Å². The van der Waals surface area contributed by atoms with Crippen LogP contribution in [0.3, 0.4) is 0 Å². The molecule has 2 amide bonds. The summed E-state index contributed by atoms with van der Waals surface area (Å²) in [5, 5.41) is 6.41. The summed E-state index contributed by atoms with van der Waals surface area (Å²) in [6, 6.07) is 15.6. The first-order valence-corrected chi connectivity index (χ1v) is 8.91. The number of nitrogens with zero attached hydrogens (tertiary/aromatic N) is 4. The van der Waals surface area contributed by atoms with Crippen molar-refractivity contribution >= 4 is 22.6 Å². The van der Waals surface area contributed by atoms with E-state index in [2.05, 4.69) is 29.4 Å². The Hall–Kier alpha value is -3.15. The molecule has 0 aliphatic heterocycles. The molecule has 0 bridgehead atoms. The van der Waals surface area contributed by atoms with Crippen molar-refractivity contribution in [1.82, 2.24) is 19.6 Å². The fourth-order valence-electron chi connectivity index (χ4n) is 3.04. The molecule has 0 saturated carbocycles. The van der Waals surface area contributed by atoms with Gasteiger partial charge in [0.15, 0.2) is 0 Å². The number of fused-ring (bicyclic) bond motifs is 1. The maximum Gasteiger partial charge on any atom is 0.247 e. The van der Waals surface area contributed by atoms with Crippen molar-refractivity contribution < 1.29 is 9.59 Å². The Bertz CT molecular complexity index is 936. The van der Waals surface area contributed by atoms with Gasteiger partial charge in [0.2, 0.25) is 11.8 Å². The second-order valence-corrected chi connectivity index (χ2v) is 6.79. The molecule has 0 saturated heterocycles. The number of likely N-dealkylation sites (N-methyl/N-ethyl adjacent to an activating group) is 2. The summed E-state index contributed by atoms with van der Waals surface area (Å²) in [5.74, 6) is -0.252. The Balaban J connectivity index is 1.60. The third kappa shape index (κ3) is 4.34. The average Bonchev–Trinajstić information content (AvgIpc) is 3.21. The fraction of sp³-hybridized carbons (Fsp3) is 0.286. The van der Waals surface area contributed by atoms with Gasteiger partial charge >= 0.3 is 0 Å². The van der Waals surface area contributed by atoms with Crippen molar-refractivity contribution in [2.24, 2.45) is 0 Å². The molecule has 1 atom stereocenters. The van der Waals surface area contributed by atoms with Crippen LogP contribution >= 0.6 is 0 Å². The minimum Gasteiger partial charge on any atom is -0.340 e. The molecule has 2 aromatic carbocycles. The monoisotopic (exact) mass is 364 g/mol. The summed E-state index contributed by atoms with van der Waals surface area (Å²) < 4.78 is 1.59. The maximum atomic E-state index is 12.5. The zero-order chi connectivity index (χ0) is 19.4. The number of carbonyl (C=O) groups excluding carboxylic acids is 2. The maximum absolute atomic E-state index is 12.5. The molecule has 6 nitrogen and oxygen atoms in total. The summed E-state index contributed by atoms with van der Waals surface area (Å²) in [4.78, 5) is 28.1. The van der Waals surface area contributed by atoms with Crippen LogP contribution in [-0.2, 0) is 16.1 Å². The first kappa shape index (κ1) is 18.6. The Labute approximate surface area is 159 Å². The van der Waals surface area contributed by atoms with Gasteiger partial charge in [-0.05, 0) is 35.4 Å². The van der Waals surface area contributed by atoms with E-state index in [9.17, 15) is 9.59 Å². The lowest BCUT2D eigenvalue weighted by Gasteiger charge is -2.24. The second-order valence-electron chi connectivity index (χ2n) is 6.79. The van der Waals surface area contributed by atoms with Gasteiger partial charge in [0.25, 0.3) is 0 Å². The topological polar surface area (TPSA) is 58.4 Å². The van der Waals surface area contributed by atoms with E-state index in [1.165, 1.54) is 10.3 Å². The summed E-state index contributed by atoms with van der Waals surface area (Å²) in [6.07, 6.45) is 3.37. The van der Waals surface area contributed by atoms with Crippen LogP contribution in [0.5, 0.6) is 0 Å². The third-order valence-corrected chi connectivity index (χ3v) is 4.69. The van der Waals surface area contributed by atoms with E-state index in [0.717, 1.165) is 10.9 Å². The Morgan fingerprint density at radius 1 is 1.04 bits per heavy atom. The highest BCUT2D eigenvalue weighted by molar-refractivity contribution is 5.86. The fourth-order valence-corrected chi connectivity index (χ4v) is 3.04. The van der Waals surface area contributed by atoms with E-state index in [0.29, 0.717) is 6.54 Å². The van der Waals surface area contributed by atoms with Gasteiger partial charge in [-0.2, -0.15) is 5.10 Å². The molecular formula is C21H24N4O2. The molecule has 0 aliphatic rings. The van der Waals surface area contributed by atoms with E-state index in [4.69, 9.17) is 0 Å². The predicted octanol–water partition coefficient (Wildman–Crippen LogP) is 2.71. The second kappa shape index (κ2) is 8.03. The van der Waals surface area contributed by atoms with Crippen LogP contribution in [-0.4, -0.2) is 52.0 Å².